The van der Waals surface area contributed by atoms with E-state index in [0.717, 1.165) is 12.0 Å². The summed E-state index contributed by atoms with van der Waals surface area (Å²) < 4.78 is 0. The Balaban J connectivity index is 2.62. The number of rotatable bonds is 6. The Morgan fingerprint density at radius 3 is 2.18 bits per heavy atom. The van der Waals surface area contributed by atoms with Gasteiger partial charge in [0.15, 0.2) is 0 Å². The number of benzene rings is 1. The fourth-order valence-electron chi connectivity index (χ4n) is 2.42. The average Bonchev–Trinajstić information content (AvgIpc) is 2.44. The van der Waals surface area contributed by atoms with E-state index in [-0.39, 0.29) is 23.9 Å². The lowest BCUT2D eigenvalue weighted by molar-refractivity contribution is -0.126. The first-order valence-electron chi connectivity index (χ1n) is 7.89. The van der Waals surface area contributed by atoms with Gasteiger partial charge in [-0.25, -0.2) is 0 Å². The van der Waals surface area contributed by atoms with Gasteiger partial charge in [0.25, 0.3) is 0 Å². The summed E-state index contributed by atoms with van der Waals surface area (Å²) in [6.45, 7) is 8.68. The smallest absolute Gasteiger partial charge is 0.237 e. The molecule has 0 bridgehead atoms. The van der Waals surface area contributed by atoms with Gasteiger partial charge in [0.2, 0.25) is 5.91 Å². The molecule has 124 valence electrons. The highest BCUT2D eigenvalue weighted by molar-refractivity contribution is 5.81. The number of amides is 1. The summed E-state index contributed by atoms with van der Waals surface area (Å²) >= 11 is 0. The summed E-state index contributed by atoms with van der Waals surface area (Å²) in [5, 5.41) is 13.1. The molecule has 0 heterocycles. The molecule has 0 aliphatic rings. The molecule has 1 aromatic carbocycles. The van der Waals surface area contributed by atoms with Gasteiger partial charge < -0.3 is 10.4 Å². The van der Waals surface area contributed by atoms with E-state index in [0.29, 0.717) is 0 Å². The van der Waals surface area contributed by atoms with Gasteiger partial charge in [-0.1, -0.05) is 52.0 Å². The fourth-order valence-corrected chi connectivity index (χ4v) is 2.42. The first kappa shape index (κ1) is 18.7. The normalized spacial score (nSPS) is 14.7. The van der Waals surface area contributed by atoms with Crippen LogP contribution in [0.25, 0.3) is 0 Å². The SMILES string of the molecule is CCC(C(=O)NCC(O)c1ccc(C(C)(C)C)cc1)N(C)C. The molecule has 2 unspecified atom stereocenters. The third-order valence-corrected chi connectivity index (χ3v) is 3.94. The number of hydrogen-bond donors (Lipinski definition) is 2. The van der Waals surface area contributed by atoms with Crippen molar-refractivity contribution in [2.24, 2.45) is 0 Å². The molecule has 4 nitrogen and oxygen atoms in total. The first-order valence-corrected chi connectivity index (χ1v) is 7.89. The van der Waals surface area contributed by atoms with Crippen molar-refractivity contribution in [3.8, 4) is 0 Å². The molecule has 0 saturated carbocycles. The summed E-state index contributed by atoms with van der Waals surface area (Å²) in [4.78, 5) is 14.0. The van der Waals surface area contributed by atoms with Gasteiger partial charge in [0, 0.05) is 6.54 Å². The van der Waals surface area contributed by atoms with Crippen LogP contribution in [-0.4, -0.2) is 42.6 Å². The van der Waals surface area contributed by atoms with Crippen LogP contribution in [0.15, 0.2) is 24.3 Å². The zero-order valence-corrected chi connectivity index (χ0v) is 14.7. The van der Waals surface area contributed by atoms with E-state index in [1.807, 2.05) is 50.2 Å². The van der Waals surface area contributed by atoms with Crippen molar-refractivity contribution in [1.82, 2.24) is 10.2 Å². The highest BCUT2D eigenvalue weighted by Crippen LogP contribution is 2.23. The summed E-state index contributed by atoms with van der Waals surface area (Å²) in [6, 6.07) is 7.78. The molecule has 4 heteroatoms. The number of aliphatic hydroxyl groups is 1. The maximum absolute atomic E-state index is 12.1. The minimum atomic E-state index is -0.683. The molecular weight excluding hydrogens is 276 g/mol. The van der Waals surface area contributed by atoms with Crippen LogP contribution < -0.4 is 5.32 Å². The van der Waals surface area contributed by atoms with Gasteiger partial charge in [-0.3, -0.25) is 9.69 Å². The minimum absolute atomic E-state index is 0.0436. The number of nitrogens with zero attached hydrogens (tertiary/aromatic N) is 1. The second-order valence-electron chi connectivity index (χ2n) is 7.02. The van der Waals surface area contributed by atoms with Crippen molar-refractivity contribution in [1.29, 1.82) is 0 Å². The molecular formula is C18H30N2O2. The third kappa shape index (κ3) is 5.11. The number of likely N-dealkylation sites (N-methyl/N-ethyl adjacent to an activating group) is 1. The molecule has 0 spiro atoms. The molecule has 22 heavy (non-hydrogen) atoms. The highest BCUT2D eigenvalue weighted by atomic mass is 16.3. The molecule has 2 N–H and O–H groups in total. The second kappa shape index (κ2) is 7.75. The van der Waals surface area contributed by atoms with Crippen molar-refractivity contribution < 1.29 is 9.90 Å². The molecule has 1 rings (SSSR count). The molecule has 0 radical (unpaired) electrons. The topological polar surface area (TPSA) is 52.6 Å². The Kier molecular flexibility index (Phi) is 6.57. The predicted molar refractivity (Wildman–Crippen MR) is 90.9 cm³/mol. The monoisotopic (exact) mass is 306 g/mol. The number of nitrogens with one attached hydrogen (secondary N) is 1. The Hall–Kier alpha value is -1.39. The van der Waals surface area contributed by atoms with E-state index in [1.54, 1.807) is 0 Å². The van der Waals surface area contributed by atoms with Gasteiger partial charge in [-0.15, -0.1) is 0 Å². The number of hydrogen-bond acceptors (Lipinski definition) is 3. The second-order valence-corrected chi connectivity index (χ2v) is 7.02. The van der Waals surface area contributed by atoms with Gasteiger partial charge >= 0.3 is 0 Å². The highest BCUT2D eigenvalue weighted by Gasteiger charge is 2.20. The van der Waals surface area contributed by atoms with Crippen molar-refractivity contribution in [3.63, 3.8) is 0 Å². The molecule has 0 aliphatic carbocycles. The van der Waals surface area contributed by atoms with E-state index in [1.165, 1.54) is 5.56 Å². The summed E-state index contributed by atoms with van der Waals surface area (Å²) in [7, 11) is 3.77. The summed E-state index contributed by atoms with van der Waals surface area (Å²) in [5.41, 5.74) is 2.15. The van der Waals surface area contributed by atoms with E-state index < -0.39 is 6.10 Å². The Labute approximate surface area is 134 Å². The van der Waals surface area contributed by atoms with Crippen molar-refractivity contribution >= 4 is 5.91 Å². The molecule has 1 aromatic rings. The summed E-state index contributed by atoms with van der Waals surface area (Å²) in [5.74, 6) is -0.0436. The largest absolute Gasteiger partial charge is 0.387 e. The van der Waals surface area contributed by atoms with E-state index in [2.05, 4.69) is 26.1 Å². The molecule has 1 amide bonds. The Morgan fingerprint density at radius 2 is 1.77 bits per heavy atom. The van der Waals surface area contributed by atoms with Crippen LogP contribution >= 0.6 is 0 Å². The predicted octanol–water partition coefficient (Wildman–Crippen LogP) is 2.47. The van der Waals surface area contributed by atoms with Crippen molar-refractivity contribution in [2.45, 2.75) is 51.7 Å². The van der Waals surface area contributed by atoms with Crippen LogP contribution in [0.1, 0.15) is 51.3 Å². The van der Waals surface area contributed by atoms with Crippen LogP contribution in [0.4, 0.5) is 0 Å². The zero-order valence-electron chi connectivity index (χ0n) is 14.7. The fraction of sp³-hybridized carbons (Fsp3) is 0.611. The molecule has 0 aliphatic heterocycles. The minimum Gasteiger partial charge on any atom is -0.387 e. The lowest BCUT2D eigenvalue weighted by Gasteiger charge is -2.23. The summed E-state index contributed by atoms with van der Waals surface area (Å²) in [6.07, 6.45) is 0.0625. The quantitative estimate of drug-likeness (QED) is 0.849. The number of carbonyl (C=O) groups excluding carboxylic acids is 1. The third-order valence-electron chi connectivity index (χ3n) is 3.94. The lowest BCUT2D eigenvalue weighted by atomic mass is 9.86. The first-order chi connectivity index (χ1) is 10.2. The number of carbonyl (C=O) groups is 1. The van der Waals surface area contributed by atoms with E-state index in [9.17, 15) is 9.90 Å². The molecule has 0 aromatic heterocycles. The average molecular weight is 306 g/mol. The lowest BCUT2D eigenvalue weighted by Crippen LogP contribution is -2.44. The van der Waals surface area contributed by atoms with Crippen LogP contribution in [-0.2, 0) is 10.2 Å². The van der Waals surface area contributed by atoms with Crippen LogP contribution in [0.2, 0.25) is 0 Å². The van der Waals surface area contributed by atoms with Gasteiger partial charge in [-0.05, 0) is 37.1 Å². The molecule has 0 fully saturated rings. The molecule has 2 atom stereocenters. The van der Waals surface area contributed by atoms with Gasteiger partial charge in [0.1, 0.15) is 0 Å². The van der Waals surface area contributed by atoms with Crippen LogP contribution in [0.3, 0.4) is 0 Å². The molecule has 0 saturated heterocycles. The van der Waals surface area contributed by atoms with Crippen molar-refractivity contribution in [2.75, 3.05) is 20.6 Å². The maximum atomic E-state index is 12.1. The standard InChI is InChI=1S/C18H30N2O2/c1-7-15(20(5)6)17(22)19-12-16(21)13-8-10-14(11-9-13)18(2,3)4/h8-11,15-16,21H,7,12H2,1-6H3,(H,19,22). The van der Waals surface area contributed by atoms with Crippen LogP contribution in [0, 0.1) is 0 Å². The maximum Gasteiger partial charge on any atom is 0.237 e. The van der Waals surface area contributed by atoms with Crippen molar-refractivity contribution in [3.05, 3.63) is 35.4 Å². The van der Waals surface area contributed by atoms with Crippen LogP contribution in [0.5, 0.6) is 0 Å². The van der Waals surface area contributed by atoms with Gasteiger partial charge in [-0.2, -0.15) is 0 Å². The number of aliphatic hydroxyl groups excluding tert-OH is 1. The van der Waals surface area contributed by atoms with E-state index in [4.69, 9.17) is 0 Å². The zero-order chi connectivity index (χ0) is 16.9. The Bertz CT molecular complexity index is 475. The van der Waals surface area contributed by atoms with E-state index >= 15 is 0 Å². The Morgan fingerprint density at radius 1 is 1.23 bits per heavy atom. The van der Waals surface area contributed by atoms with Gasteiger partial charge in [0.05, 0.1) is 12.1 Å².